The van der Waals surface area contributed by atoms with Crippen molar-refractivity contribution in [1.82, 2.24) is 9.55 Å². The van der Waals surface area contributed by atoms with Crippen LogP contribution in [0.15, 0.2) is 188 Å². The highest BCUT2D eigenvalue weighted by Crippen LogP contribution is 2.50. The van der Waals surface area contributed by atoms with E-state index in [0.717, 1.165) is 28.2 Å². The van der Waals surface area contributed by atoms with Crippen LogP contribution in [0.4, 0.5) is 17.1 Å². The maximum absolute atomic E-state index is 4.35. The highest BCUT2D eigenvalue weighted by Gasteiger charge is 2.35. The molecule has 0 saturated heterocycles. The molecule has 0 radical (unpaired) electrons. The Labute approximate surface area is 310 Å². The Morgan fingerprint density at radius 2 is 1.08 bits per heavy atom. The summed E-state index contributed by atoms with van der Waals surface area (Å²) in [5, 5.41) is 2.51. The van der Waals surface area contributed by atoms with Crippen LogP contribution in [-0.4, -0.2) is 9.55 Å². The number of nitrogens with zero attached hydrogens (tertiary/aromatic N) is 3. The van der Waals surface area contributed by atoms with Crippen molar-refractivity contribution in [2.45, 2.75) is 19.3 Å². The quantitative estimate of drug-likeness (QED) is 0.174. The second-order valence-corrected chi connectivity index (χ2v) is 14.5. The molecule has 0 saturated carbocycles. The normalized spacial score (nSPS) is 12.9. The van der Waals surface area contributed by atoms with Gasteiger partial charge >= 0.3 is 0 Å². The van der Waals surface area contributed by atoms with Crippen LogP contribution in [0.25, 0.3) is 60.9 Å². The zero-order chi connectivity index (χ0) is 35.5. The third-order valence-corrected chi connectivity index (χ3v) is 11.1. The average Bonchev–Trinajstić information content (AvgIpc) is 3.67. The van der Waals surface area contributed by atoms with Gasteiger partial charge in [0.1, 0.15) is 0 Å². The highest BCUT2D eigenvalue weighted by molar-refractivity contribution is 6.10. The SMILES string of the molecule is CC1(C)c2ccccc2-c2cc(N(c3ccc(-c4cccnc4)cc3)c3ccc(-c4ccc5c(c4)c4ccccc4n5-c4ccccc4)cc3)ccc21. The summed E-state index contributed by atoms with van der Waals surface area (Å²) in [4.78, 5) is 6.72. The number of aromatic nitrogens is 2. The van der Waals surface area contributed by atoms with Gasteiger partial charge in [0.15, 0.2) is 0 Å². The number of rotatable bonds is 6. The van der Waals surface area contributed by atoms with E-state index in [1.165, 1.54) is 60.9 Å². The summed E-state index contributed by atoms with van der Waals surface area (Å²) in [6.45, 7) is 4.67. The van der Waals surface area contributed by atoms with Crippen LogP contribution in [0, 0.1) is 0 Å². The minimum absolute atomic E-state index is 0.0448. The van der Waals surface area contributed by atoms with Gasteiger partial charge in [-0.2, -0.15) is 0 Å². The fourth-order valence-electron chi connectivity index (χ4n) is 8.44. The van der Waals surface area contributed by atoms with Crippen molar-refractivity contribution in [2.75, 3.05) is 4.90 Å². The molecule has 1 aliphatic rings. The molecule has 0 fully saturated rings. The topological polar surface area (TPSA) is 21.1 Å². The lowest BCUT2D eigenvalue weighted by atomic mass is 9.82. The molecule has 9 aromatic rings. The van der Waals surface area contributed by atoms with E-state index in [9.17, 15) is 0 Å². The zero-order valence-corrected chi connectivity index (χ0v) is 29.7. The molecule has 7 aromatic carbocycles. The van der Waals surface area contributed by atoms with E-state index in [-0.39, 0.29) is 5.41 Å². The van der Waals surface area contributed by atoms with Crippen molar-refractivity contribution in [3.8, 4) is 39.1 Å². The number of pyridine rings is 1. The number of para-hydroxylation sites is 2. The lowest BCUT2D eigenvalue weighted by molar-refractivity contribution is 0.660. The van der Waals surface area contributed by atoms with Gasteiger partial charge in [-0.15, -0.1) is 0 Å². The molecule has 53 heavy (non-hydrogen) atoms. The van der Waals surface area contributed by atoms with Crippen molar-refractivity contribution >= 4 is 38.9 Å². The van der Waals surface area contributed by atoms with E-state index in [1.807, 2.05) is 18.5 Å². The second kappa shape index (κ2) is 12.2. The van der Waals surface area contributed by atoms with Gasteiger partial charge in [-0.3, -0.25) is 4.98 Å². The summed E-state index contributed by atoms with van der Waals surface area (Å²) in [7, 11) is 0. The lowest BCUT2D eigenvalue weighted by Gasteiger charge is -2.27. The summed E-state index contributed by atoms with van der Waals surface area (Å²) >= 11 is 0. The number of anilines is 3. The van der Waals surface area contributed by atoms with E-state index >= 15 is 0 Å². The summed E-state index contributed by atoms with van der Waals surface area (Å²) in [5.74, 6) is 0. The predicted molar refractivity (Wildman–Crippen MR) is 222 cm³/mol. The molecular weight excluding hydrogens is 643 g/mol. The lowest BCUT2D eigenvalue weighted by Crippen LogP contribution is -2.15. The summed E-state index contributed by atoms with van der Waals surface area (Å²) in [6.07, 6.45) is 3.74. The standard InChI is InChI=1S/C50H37N3/c1-50(2)46-16-8-6-14-42(46)44-32-41(27-28-47(44)50)52(40-25-20-35(21-26-40)37-11-10-30-51-33-37)39-23-18-34(19-24-39)36-22-29-49-45(31-36)43-15-7-9-17-48(43)53(49)38-12-4-3-5-13-38/h3-33H,1-2H3. The Bertz CT molecular complexity index is 2780. The summed E-state index contributed by atoms with van der Waals surface area (Å²) in [6, 6.07) is 64.0. The van der Waals surface area contributed by atoms with Gasteiger partial charge in [0.2, 0.25) is 0 Å². The van der Waals surface area contributed by atoms with Crippen LogP contribution >= 0.6 is 0 Å². The number of hydrogen-bond acceptors (Lipinski definition) is 2. The first kappa shape index (κ1) is 31.1. The first-order chi connectivity index (χ1) is 26.0. The Morgan fingerprint density at radius 3 is 1.83 bits per heavy atom. The largest absolute Gasteiger partial charge is 0.310 e. The van der Waals surface area contributed by atoms with Crippen molar-refractivity contribution in [3.05, 3.63) is 199 Å². The van der Waals surface area contributed by atoms with Crippen molar-refractivity contribution in [1.29, 1.82) is 0 Å². The van der Waals surface area contributed by atoms with E-state index in [0.29, 0.717) is 0 Å². The predicted octanol–water partition coefficient (Wildman–Crippen LogP) is 13.3. The molecule has 0 atom stereocenters. The van der Waals surface area contributed by atoms with Gasteiger partial charge in [0.25, 0.3) is 0 Å². The molecule has 1 aliphatic carbocycles. The van der Waals surface area contributed by atoms with Crippen LogP contribution in [0.3, 0.4) is 0 Å². The highest BCUT2D eigenvalue weighted by atomic mass is 15.1. The summed E-state index contributed by atoms with van der Waals surface area (Å²) in [5.41, 5.74) is 16.9. The molecule has 0 bridgehead atoms. The molecule has 3 nitrogen and oxygen atoms in total. The zero-order valence-electron chi connectivity index (χ0n) is 29.7. The molecule has 0 amide bonds. The molecule has 2 aromatic heterocycles. The molecule has 0 spiro atoms. The fourth-order valence-corrected chi connectivity index (χ4v) is 8.44. The first-order valence-electron chi connectivity index (χ1n) is 18.3. The smallest absolute Gasteiger partial charge is 0.0541 e. The van der Waals surface area contributed by atoms with Gasteiger partial charge < -0.3 is 9.47 Å². The van der Waals surface area contributed by atoms with Crippen molar-refractivity contribution in [2.24, 2.45) is 0 Å². The first-order valence-corrected chi connectivity index (χ1v) is 18.3. The third-order valence-electron chi connectivity index (χ3n) is 11.1. The number of benzene rings is 7. The maximum Gasteiger partial charge on any atom is 0.0541 e. The molecular formula is C50H37N3. The molecule has 0 aliphatic heterocycles. The Hall–Kier alpha value is -6.71. The third kappa shape index (κ3) is 5.08. The molecule has 0 unspecified atom stereocenters. The van der Waals surface area contributed by atoms with Crippen LogP contribution in [0.2, 0.25) is 0 Å². The minimum atomic E-state index is -0.0448. The van der Waals surface area contributed by atoms with Crippen LogP contribution in [0.1, 0.15) is 25.0 Å². The molecule has 3 heteroatoms. The fraction of sp³-hybridized carbons (Fsp3) is 0.0600. The van der Waals surface area contributed by atoms with Gasteiger partial charge in [-0.05, 0) is 117 Å². The second-order valence-electron chi connectivity index (χ2n) is 14.5. The molecule has 0 N–H and O–H groups in total. The van der Waals surface area contributed by atoms with E-state index < -0.39 is 0 Å². The monoisotopic (exact) mass is 679 g/mol. The van der Waals surface area contributed by atoms with Crippen molar-refractivity contribution < 1.29 is 0 Å². The molecule has 252 valence electrons. The molecule has 2 heterocycles. The Balaban J connectivity index is 1.07. The minimum Gasteiger partial charge on any atom is -0.310 e. The van der Waals surface area contributed by atoms with Crippen molar-refractivity contribution in [3.63, 3.8) is 0 Å². The van der Waals surface area contributed by atoms with Gasteiger partial charge in [0.05, 0.1) is 11.0 Å². The van der Waals surface area contributed by atoms with Gasteiger partial charge in [0, 0.05) is 51.3 Å². The van der Waals surface area contributed by atoms with E-state index in [4.69, 9.17) is 0 Å². The Kier molecular flexibility index (Phi) is 7.16. The summed E-state index contributed by atoms with van der Waals surface area (Å²) < 4.78 is 2.37. The van der Waals surface area contributed by atoms with Crippen LogP contribution in [-0.2, 0) is 5.41 Å². The van der Waals surface area contributed by atoms with Crippen LogP contribution in [0.5, 0.6) is 0 Å². The average molecular weight is 680 g/mol. The van der Waals surface area contributed by atoms with E-state index in [1.54, 1.807) is 0 Å². The maximum atomic E-state index is 4.35. The van der Waals surface area contributed by atoms with Gasteiger partial charge in [-0.1, -0.05) is 117 Å². The van der Waals surface area contributed by atoms with Gasteiger partial charge in [-0.25, -0.2) is 0 Å². The molecule has 10 rings (SSSR count). The number of hydrogen-bond donors (Lipinski definition) is 0. The van der Waals surface area contributed by atoms with E-state index in [2.05, 4.69) is 198 Å². The number of fused-ring (bicyclic) bond motifs is 6. The Morgan fingerprint density at radius 1 is 0.453 bits per heavy atom. The van der Waals surface area contributed by atoms with Crippen LogP contribution < -0.4 is 4.90 Å².